The van der Waals surface area contributed by atoms with E-state index in [2.05, 4.69) is 27.9 Å². The number of aliphatic hydroxyl groups is 1. The molecule has 1 atom stereocenters. The molecule has 0 bridgehead atoms. The van der Waals surface area contributed by atoms with Gasteiger partial charge >= 0.3 is 5.97 Å². The molecule has 1 unspecified atom stereocenters. The number of hydrogen-bond donors (Lipinski definition) is 3. The lowest BCUT2D eigenvalue weighted by Crippen LogP contribution is -2.43. The highest BCUT2D eigenvalue weighted by Gasteiger charge is 2.19. The van der Waals surface area contributed by atoms with Crippen molar-refractivity contribution in [3.05, 3.63) is 33.4 Å². The smallest absolute Gasteiger partial charge is 0.328 e. The molecule has 1 aromatic carbocycles. The van der Waals surface area contributed by atoms with E-state index in [1.165, 1.54) is 0 Å². The zero-order valence-corrected chi connectivity index (χ0v) is 10.3. The Kier molecular flexibility index (Phi) is 4.69. The van der Waals surface area contributed by atoms with Gasteiger partial charge in [-0.1, -0.05) is 0 Å². The number of carboxylic acid groups (broad SMARTS) is 1. The first-order valence-corrected chi connectivity index (χ1v) is 5.52. The van der Waals surface area contributed by atoms with Gasteiger partial charge < -0.3 is 15.5 Å². The van der Waals surface area contributed by atoms with Crippen LogP contribution in [0.15, 0.2) is 24.3 Å². The molecular formula is C10H10INO4. The van der Waals surface area contributed by atoms with Crippen LogP contribution in [0.5, 0.6) is 0 Å². The average molecular weight is 335 g/mol. The van der Waals surface area contributed by atoms with Gasteiger partial charge in [-0.15, -0.1) is 0 Å². The van der Waals surface area contributed by atoms with E-state index < -0.39 is 24.5 Å². The number of carboxylic acids is 1. The van der Waals surface area contributed by atoms with Gasteiger partial charge in [-0.05, 0) is 46.9 Å². The molecule has 0 fully saturated rings. The van der Waals surface area contributed by atoms with Crippen molar-refractivity contribution in [3.8, 4) is 0 Å². The summed E-state index contributed by atoms with van der Waals surface area (Å²) in [5.41, 5.74) is 0.361. The van der Waals surface area contributed by atoms with Gasteiger partial charge in [0.15, 0.2) is 6.04 Å². The molecule has 0 aromatic heterocycles. The van der Waals surface area contributed by atoms with Gasteiger partial charge in [-0.25, -0.2) is 4.79 Å². The highest BCUT2D eigenvalue weighted by molar-refractivity contribution is 14.1. The number of benzene rings is 1. The van der Waals surface area contributed by atoms with Crippen molar-refractivity contribution < 1.29 is 19.8 Å². The van der Waals surface area contributed by atoms with Gasteiger partial charge in [0.2, 0.25) is 0 Å². The van der Waals surface area contributed by atoms with Gasteiger partial charge in [0.1, 0.15) is 0 Å². The molecule has 5 nitrogen and oxygen atoms in total. The van der Waals surface area contributed by atoms with Crippen LogP contribution in [-0.4, -0.2) is 34.7 Å². The number of amides is 1. The number of aliphatic carboxylic acids is 1. The molecule has 0 aliphatic rings. The summed E-state index contributed by atoms with van der Waals surface area (Å²) in [4.78, 5) is 22.1. The molecule has 1 aromatic rings. The third-order valence-electron chi connectivity index (χ3n) is 1.89. The van der Waals surface area contributed by atoms with Crippen molar-refractivity contribution in [1.29, 1.82) is 0 Å². The Labute approximate surface area is 106 Å². The summed E-state index contributed by atoms with van der Waals surface area (Å²) in [5.74, 6) is -1.78. The Hall–Kier alpha value is -1.15. The van der Waals surface area contributed by atoms with Crippen molar-refractivity contribution in [3.63, 3.8) is 0 Å². The van der Waals surface area contributed by atoms with Crippen LogP contribution in [0.1, 0.15) is 10.4 Å². The second kappa shape index (κ2) is 5.80. The largest absolute Gasteiger partial charge is 0.480 e. The first-order valence-electron chi connectivity index (χ1n) is 4.44. The fourth-order valence-corrected chi connectivity index (χ4v) is 1.39. The summed E-state index contributed by atoms with van der Waals surface area (Å²) in [6.07, 6.45) is 0. The summed E-state index contributed by atoms with van der Waals surface area (Å²) in [5, 5.41) is 19.6. The first-order chi connectivity index (χ1) is 7.54. The van der Waals surface area contributed by atoms with E-state index in [-0.39, 0.29) is 0 Å². The molecule has 6 heteroatoms. The summed E-state index contributed by atoms with van der Waals surface area (Å²) < 4.78 is 0.978. The lowest BCUT2D eigenvalue weighted by molar-refractivity contribution is -0.140. The molecule has 1 rings (SSSR count). The van der Waals surface area contributed by atoms with Crippen molar-refractivity contribution in [2.75, 3.05) is 6.61 Å². The maximum absolute atomic E-state index is 11.5. The monoisotopic (exact) mass is 335 g/mol. The quantitative estimate of drug-likeness (QED) is 0.698. The van der Waals surface area contributed by atoms with Crippen LogP contribution in [0.25, 0.3) is 0 Å². The topological polar surface area (TPSA) is 86.6 Å². The molecule has 0 aliphatic carbocycles. The molecule has 0 saturated heterocycles. The van der Waals surface area contributed by atoms with Crippen LogP contribution in [0.2, 0.25) is 0 Å². The van der Waals surface area contributed by atoms with Crippen LogP contribution in [0.4, 0.5) is 0 Å². The number of carbonyl (C=O) groups excluding carboxylic acids is 1. The van der Waals surface area contributed by atoms with Crippen molar-refractivity contribution in [1.82, 2.24) is 5.32 Å². The van der Waals surface area contributed by atoms with Crippen LogP contribution in [0, 0.1) is 3.57 Å². The lowest BCUT2D eigenvalue weighted by atomic mass is 10.2. The first kappa shape index (κ1) is 12.9. The number of nitrogens with one attached hydrogen (secondary N) is 1. The van der Waals surface area contributed by atoms with E-state index in [9.17, 15) is 9.59 Å². The third kappa shape index (κ3) is 3.46. The molecule has 86 valence electrons. The Morgan fingerprint density at radius 1 is 1.31 bits per heavy atom. The molecule has 1 amide bonds. The fraction of sp³-hybridized carbons (Fsp3) is 0.200. The molecule has 3 N–H and O–H groups in total. The SMILES string of the molecule is O=C(NC(CO)C(=O)O)c1ccc(I)cc1. The zero-order valence-electron chi connectivity index (χ0n) is 8.18. The molecule has 0 aliphatic heterocycles. The maximum Gasteiger partial charge on any atom is 0.328 e. The van der Waals surface area contributed by atoms with Gasteiger partial charge in [0.05, 0.1) is 6.61 Å². The van der Waals surface area contributed by atoms with E-state index in [1.54, 1.807) is 24.3 Å². The standard InChI is InChI=1S/C10H10INO4/c11-7-3-1-6(2-4-7)9(14)12-8(5-13)10(15)16/h1-4,8,13H,5H2,(H,12,14)(H,15,16). The van der Waals surface area contributed by atoms with Gasteiger partial charge in [0, 0.05) is 9.13 Å². The van der Waals surface area contributed by atoms with E-state index in [0.29, 0.717) is 5.56 Å². The molecule has 0 spiro atoms. The summed E-state index contributed by atoms with van der Waals surface area (Å²) in [6.45, 7) is -0.633. The molecule has 16 heavy (non-hydrogen) atoms. The van der Waals surface area contributed by atoms with E-state index in [1.807, 2.05) is 0 Å². The van der Waals surface area contributed by atoms with Crippen molar-refractivity contribution in [2.24, 2.45) is 0 Å². The van der Waals surface area contributed by atoms with E-state index in [4.69, 9.17) is 10.2 Å². The predicted molar refractivity (Wildman–Crippen MR) is 65.1 cm³/mol. The fourth-order valence-electron chi connectivity index (χ4n) is 1.03. The van der Waals surface area contributed by atoms with Gasteiger partial charge in [-0.2, -0.15) is 0 Å². The van der Waals surface area contributed by atoms with E-state index in [0.717, 1.165) is 3.57 Å². The second-order valence-corrected chi connectivity index (χ2v) is 4.30. The minimum atomic E-state index is -1.27. The van der Waals surface area contributed by atoms with E-state index >= 15 is 0 Å². The lowest BCUT2D eigenvalue weighted by Gasteiger charge is -2.11. The number of aliphatic hydroxyl groups excluding tert-OH is 1. The number of rotatable bonds is 4. The Balaban J connectivity index is 2.71. The molecular weight excluding hydrogens is 325 g/mol. The molecule has 0 saturated carbocycles. The summed E-state index contributed by atoms with van der Waals surface area (Å²) >= 11 is 2.10. The minimum absolute atomic E-state index is 0.361. The predicted octanol–water partition coefficient (Wildman–Crippen LogP) is 0.467. The second-order valence-electron chi connectivity index (χ2n) is 3.05. The highest BCUT2D eigenvalue weighted by Crippen LogP contribution is 2.06. The van der Waals surface area contributed by atoms with Crippen LogP contribution < -0.4 is 5.32 Å². The van der Waals surface area contributed by atoms with Gasteiger partial charge in [-0.3, -0.25) is 4.79 Å². The third-order valence-corrected chi connectivity index (χ3v) is 2.61. The van der Waals surface area contributed by atoms with Crippen LogP contribution >= 0.6 is 22.6 Å². The Bertz CT molecular complexity index is 390. The number of halogens is 1. The zero-order chi connectivity index (χ0) is 12.1. The van der Waals surface area contributed by atoms with Crippen LogP contribution in [-0.2, 0) is 4.79 Å². The normalized spacial score (nSPS) is 11.9. The van der Waals surface area contributed by atoms with Crippen molar-refractivity contribution in [2.45, 2.75) is 6.04 Å². The molecule has 0 radical (unpaired) electrons. The maximum atomic E-state index is 11.5. The summed E-state index contributed by atoms with van der Waals surface area (Å²) in [7, 11) is 0. The van der Waals surface area contributed by atoms with Crippen molar-refractivity contribution >= 4 is 34.5 Å². The summed E-state index contributed by atoms with van der Waals surface area (Å²) in [6, 6.07) is 5.39. The highest BCUT2D eigenvalue weighted by atomic mass is 127. The average Bonchev–Trinajstić information content (AvgIpc) is 2.26. The van der Waals surface area contributed by atoms with Gasteiger partial charge in [0.25, 0.3) is 5.91 Å². The number of hydrogen-bond acceptors (Lipinski definition) is 3. The Morgan fingerprint density at radius 3 is 2.31 bits per heavy atom. The molecule has 0 heterocycles. The Morgan fingerprint density at radius 2 is 1.88 bits per heavy atom. The minimum Gasteiger partial charge on any atom is -0.480 e. The number of carbonyl (C=O) groups is 2. The van der Waals surface area contributed by atoms with Crippen LogP contribution in [0.3, 0.4) is 0 Å².